The monoisotopic (exact) mass is 364 g/mol. The van der Waals surface area contributed by atoms with Gasteiger partial charge >= 0.3 is 0 Å². The lowest BCUT2D eigenvalue weighted by atomic mass is 9.93. The zero-order chi connectivity index (χ0) is 19.3. The van der Waals surface area contributed by atoms with Crippen molar-refractivity contribution in [3.05, 3.63) is 42.1 Å². The fourth-order valence-electron chi connectivity index (χ4n) is 2.92. The van der Waals surface area contributed by atoms with Gasteiger partial charge in [-0.1, -0.05) is 13.0 Å². The Bertz CT molecular complexity index is 730. The summed E-state index contributed by atoms with van der Waals surface area (Å²) < 4.78 is 37.8. The fourth-order valence-corrected chi connectivity index (χ4v) is 2.92. The third kappa shape index (κ3) is 5.66. The standard InChI is InChI=1S/C20H26F2N2O2/c1-13(11-20(2,3)23)12-26-17-6-5-14(9-16(17)19(21)22)15-7-8-24-18(10-15)25-4/h5-10,13,19H,11-12,23H2,1-4H3/t13-/m0/s1. The molecule has 0 unspecified atom stereocenters. The molecule has 2 N–H and O–H groups in total. The van der Waals surface area contributed by atoms with Crippen LogP contribution in [0.25, 0.3) is 11.1 Å². The summed E-state index contributed by atoms with van der Waals surface area (Å²) in [6.45, 7) is 6.20. The number of halogens is 2. The van der Waals surface area contributed by atoms with Crippen LogP contribution in [0.5, 0.6) is 11.6 Å². The summed E-state index contributed by atoms with van der Waals surface area (Å²) in [5, 5.41) is 0. The van der Waals surface area contributed by atoms with Gasteiger partial charge in [-0.05, 0) is 55.5 Å². The van der Waals surface area contributed by atoms with Gasteiger partial charge in [-0.15, -0.1) is 0 Å². The van der Waals surface area contributed by atoms with Gasteiger partial charge in [0, 0.05) is 17.8 Å². The van der Waals surface area contributed by atoms with Crippen molar-refractivity contribution in [2.75, 3.05) is 13.7 Å². The third-order valence-corrected chi connectivity index (χ3v) is 3.92. The predicted molar refractivity (Wildman–Crippen MR) is 98.7 cm³/mol. The molecule has 0 aliphatic heterocycles. The normalized spacial score (nSPS) is 12.9. The molecular weight excluding hydrogens is 338 g/mol. The van der Waals surface area contributed by atoms with E-state index in [4.69, 9.17) is 15.2 Å². The van der Waals surface area contributed by atoms with Gasteiger partial charge in [0.15, 0.2) is 0 Å². The van der Waals surface area contributed by atoms with Crippen molar-refractivity contribution in [2.24, 2.45) is 11.7 Å². The Morgan fingerprint density at radius 3 is 2.46 bits per heavy atom. The molecule has 0 spiro atoms. The lowest BCUT2D eigenvalue weighted by molar-refractivity contribution is 0.142. The first-order valence-electron chi connectivity index (χ1n) is 8.54. The first-order chi connectivity index (χ1) is 12.2. The van der Waals surface area contributed by atoms with Crippen LogP contribution in [0.15, 0.2) is 36.5 Å². The van der Waals surface area contributed by atoms with Crippen LogP contribution in [0, 0.1) is 5.92 Å². The molecule has 1 atom stereocenters. The van der Waals surface area contributed by atoms with E-state index in [1.807, 2.05) is 20.8 Å². The van der Waals surface area contributed by atoms with Gasteiger partial charge in [-0.25, -0.2) is 13.8 Å². The minimum atomic E-state index is -2.63. The number of methoxy groups -OCH3 is 1. The molecule has 2 aromatic rings. The van der Waals surface area contributed by atoms with Crippen LogP contribution in [0.3, 0.4) is 0 Å². The van der Waals surface area contributed by atoms with Crippen molar-refractivity contribution in [3.63, 3.8) is 0 Å². The summed E-state index contributed by atoms with van der Waals surface area (Å²) in [6, 6.07) is 8.25. The quantitative estimate of drug-likeness (QED) is 0.728. The average molecular weight is 364 g/mol. The Hall–Kier alpha value is -2.21. The highest BCUT2D eigenvalue weighted by molar-refractivity contribution is 5.66. The van der Waals surface area contributed by atoms with Crippen LogP contribution in [-0.2, 0) is 0 Å². The summed E-state index contributed by atoms with van der Waals surface area (Å²) in [6.07, 6.45) is -0.307. The zero-order valence-electron chi connectivity index (χ0n) is 15.6. The molecule has 4 nitrogen and oxygen atoms in total. The average Bonchev–Trinajstić information content (AvgIpc) is 2.58. The molecule has 1 heterocycles. The lowest BCUT2D eigenvalue weighted by Gasteiger charge is -2.24. The van der Waals surface area contributed by atoms with Crippen molar-refractivity contribution in [1.29, 1.82) is 0 Å². The number of benzene rings is 1. The fraction of sp³-hybridized carbons (Fsp3) is 0.450. The number of rotatable bonds is 8. The molecule has 6 heteroatoms. The summed E-state index contributed by atoms with van der Waals surface area (Å²) in [5.41, 5.74) is 6.96. The third-order valence-electron chi connectivity index (χ3n) is 3.92. The first-order valence-corrected chi connectivity index (χ1v) is 8.54. The van der Waals surface area contributed by atoms with Gasteiger partial charge in [-0.2, -0.15) is 0 Å². The van der Waals surface area contributed by atoms with E-state index in [1.54, 1.807) is 30.5 Å². The maximum atomic E-state index is 13.5. The first kappa shape index (κ1) is 20.1. The van der Waals surface area contributed by atoms with E-state index in [1.165, 1.54) is 13.2 Å². The molecule has 0 aliphatic carbocycles. The number of pyridine rings is 1. The Balaban J connectivity index is 2.20. The van der Waals surface area contributed by atoms with Crippen molar-refractivity contribution < 1.29 is 18.3 Å². The maximum Gasteiger partial charge on any atom is 0.267 e. The van der Waals surface area contributed by atoms with E-state index in [2.05, 4.69) is 4.98 Å². The molecule has 1 aromatic heterocycles. The molecule has 26 heavy (non-hydrogen) atoms. The highest BCUT2D eigenvalue weighted by atomic mass is 19.3. The topological polar surface area (TPSA) is 57.4 Å². The SMILES string of the molecule is COc1cc(-c2ccc(OC[C@@H](C)CC(C)(C)N)c(C(F)F)c2)ccn1. The second kappa shape index (κ2) is 8.45. The van der Waals surface area contributed by atoms with Crippen LogP contribution in [0.4, 0.5) is 8.78 Å². The van der Waals surface area contributed by atoms with Crippen LogP contribution in [0.2, 0.25) is 0 Å². The second-order valence-corrected chi connectivity index (χ2v) is 7.25. The summed E-state index contributed by atoms with van der Waals surface area (Å²) in [5.74, 6) is 0.788. The number of nitrogens with two attached hydrogens (primary N) is 1. The molecule has 0 aliphatic rings. The minimum Gasteiger partial charge on any atom is -0.493 e. The van der Waals surface area contributed by atoms with Gasteiger partial charge in [-0.3, -0.25) is 0 Å². The number of ether oxygens (including phenoxy) is 2. The highest BCUT2D eigenvalue weighted by Crippen LogP contribution is 2.34. The van der Waals surface area contributed by atoms with Gasteiger partial charge in [0.1, 0.15) is 5.75 Å². The molecule has 0 amide bonds. The molecule has 0 saturated carbocycles. The van der Waals surface area contributed by atoms with Gasteiger partial charge in [0.2, 0.25) is 5.88 Å². The van der Waals surface area contributed by atoms with Crippen molar-refractivity contribution in [3.8, 4) is 22.8 Å². The second-order valence-electron chi connectivity index (χ2n) is 7.25. The van der Waals surface area contributed by atoms with Crippen molar-refractivity contribution >= 4 is 0 Å². The maximum absolute atomic E-state index is 13.5. The van der Waals surface area contributed by atoms with Gasteiger partial charge in [0.05, 0.1) is 19.3 Å². The van der Waals surface area contributed by atoms with Crippen LogP contribution in [-0.4, -0.2) is 24.2 Å². The van der Waals surface area contributed by atoms with E-state index < -0.39 is 6.43 Å². The Morgan fingerprint density at radius 2 is 1.85 bits per heavy atom. The highest BCUT2D eigenvalue weighted by Gasteiger charge is 2.19. The van der Waals surface area contributed by atoms with E-state index in [9.17, 15) is 8.78 Å². The smallest absolute Gasteiger partial charge is 0.267 e. The Morgan fingerprint density at radius 1 is 1.15 bits per heavy atom. The summed E-state index contributed by atoms with van der Waals surface area (Å²) in [7, 11) is 1.51. The molecule has 0 radical (unpaired) electrons. The number of aromatic nitrogens is 1. The van der Waals surface area contributed by atoms with E-state index >= 15 is 0 Å². The molecule has 0 saturated heterocycles. The van der Waals surface area contributed by atoms with Crippen LogP contribution >= 0.6 is 0 Å². The molecule has 2 rings (SSSR count). The summed E-state index contributed by atoms with van der Waals surface area (Å²) in [4.78, 5) is 4.03. The van der Waals surface area contributed by atoms with Crippen molar-refractivity contribution in [2.45, 2.75) is 39.2 Å². The molecule has 1 aromatic carbocycles. The lowest BCUT2D eigenvalue weighted by Crippen LogP contribution is -2.35. The Kier molecular flexibility index (Phi) is 6.53. The van der Waals surface area contributed by atoms with Crippen LogP contribution < -0.4 is 15.2 Å². The van der Waals surface area contributed by atoms with E-state index in [-0.39, 0.29) is 22.8 Å². The minimum absolute atomic E-state index is 0.127. The molecule has 0 bridgehead atoms. The number of hydrogen-bond donors (Lipinski definition) is 1. The Labute approximate surface area is 153 Å². The number of nitrogens with zero attached hydrogens (tertiary/aromatic N) is 1. The molecular formula is C20H26F2N2O2. The van der Waals surface area contributed by atoms with E-state index in [0.29, 0.717) is 18.1 Å². The number of alkyl halides is 2. The van der Waals surface area contributed by atoms with Crippen molar-refractivity contribution in [1.82, 2.24) is 4.98 Å². The summed E-state index contributed by atoms with van der Waals surface area (Å²) >= 11 is 0. The largest absolute Gasteiger partial charge is 0.493 e. The van der Waals surface area contributed by atoms with Gasteiger partial charge < -0.3 is 15.2 Å². The molecule has 142 valence electrons. The molecule has 0 fully saturated rings. The van der Waals surface area contributed by atoms with E-state index in [0.717, 1.165) is 12.0 Å². The predicted octanol–water partition coefficient (Wildman–Crippen LogP) is 4.84. The number of hydrogen-bond acceptors (Lipinski definition) is 4. The van der Waals surface area contributed by atoms with Crippen LogP contribution in [0.1, 0.15) is 39.2 Å². The van der Waals surface area contributed by atoms with Gasteiger partial charge in [0.25, 0.3) is 6.43 Å². The zero-order valence-corrected chi connectivity index (χ0v) is 15.6.